The van der Waals surface area contributed by atoms with Gasteiger partial charge in [-0.25, -0.2) is 4.79 Å². The second kappa shape index (κ2) is 5.58. The summed E-state index contributed by atoms with van der Waals surface area (Å²) in [5.41, 5.74) is 2.32. The molecule has 0 spiro atoms. The molecule has 0 aliphatic carbocycles. The molecule has 0 fully saturated rings. The third kappa shape index (κ3) is 2.64. The molecule has 0 bridgehead atoms. The van der Waals surface area contributed by atoms with Gasteiger partial charge in [0.2, 0.25) is 0 Å². The van der Waals surface area contributed by atoms with Crippen molar-refractivity contribution in [3.8, 4) is 0 Å². The van der Waals surface area contributed by atoms with Crippen LogP contribution in [0.3, 0.4) is 0 Å². The van der Waals surface area contributed by atoms with Crippen molar-refractivity contribution >= 4 is 16.9 Å². The number of fused-ring (bicyclic) bond motifs is 1. The average Bonchev–Trinajstić information content (AvgIpc) is 2.71. The van der Waals surface area contributed by atoms with Gasteiger partial charge in [0, 0.05) is 37.2 Å². The first-order valence-electron chi connectivity index (χ1n) is 6.27. The van der Waals surface area contributed by atoms with Crippen LogP contribution in [0.5, 0.6) is 0 Å². The minimum atomic E-state index is -0.107. The van der Waals surface area contributed by atoms with Crippen LogP contribution in [-0.4, -0.2) is 17.1 Å². The first-order chi connectivity index (χ1) is 8.72. The fraction of sp³-hybridized carbons (Fsp3) is 0.357. The Balaban J connectivity index is 2.06. The molecule has 96 valence electrons. The maximum Gasteiger partial charge on any atom is 0.315 e. The molecule has 0 aliphatic rings. The Bertz CT molecular complexity index is 545. The van der Waals surface area contributed by atoms with Crippen LogP contribution >= 0.6 is 0 Å². The highest BCUT2D eigenvalue weighted by Gasteiger charge is 2.06. The third-order valence-corrected chi connectivity index (χ3v) is 2.95. The molecule has 2 N–H and O–H groups in total. The van der Waals surface area contributed by atoms with Crippen molar-refractivity contribution in [2.75, 3.05) is 6.54 Å². The predicted molar refractivity (Wildman–Crippen MR) is 73.4 cm³/mol. The molecule has 0 radical (unpaired) electrons. The fourth-order valence-electron chi connectivity index (χ4n) is 2.04. The number of para-hydroxylation sites is 1. The predicted octanol–water partition coefficient (Wildman–Crippen LogP) is 2.39. The van der Waals surface area contributed by atoms with Crippen LogP contribution in [0.25, 0.3) is 10.9 Å². The summed E-state index contributed by atoms with van der Waals surface area (Å²) in [5, 5.41) is 6.87. The Labute approximate surface area is 107 Å². The third-order valence-electron chi connectivity index (χ3n) is 2.95. The Kier molecular flexibility index (Phi) is 3.87. The van der Waals surface area contributed by atoms with Gasteiger partial charge in [-0.1, -0.05) is 25.1 Å². The van der Waals surface area contributed by atoms with Gasteiger partial charge in [0.15, 0.2) is 0 Å². The molecule has 1 aromatic carbocycles. The summed E-state index contributed by atoms with van der Waals surface area (Å²) >= 11 is 0. The molecule has 0 atom stereocenters. The van der Waals surface area contributed by atoms with E-state index in [-0.39, 0.29) is 6.03 Å². The van der Waals surface area contributed by atoms with Gasteiger partial charge in [-0.05, 0) is 18.1 Å². The number of urea groups is 1. The lowest BCUT2D eigenvalue weighted by atomic mass is 10.2. The number of aromatic nitrogens is 1. The second-order valence-electron chi connectivity index (χ2n) is 4.39. The van der Waals surface area contributed by atoms with Crippen molar-refractivity contribution < 1.29 is 4.79 Å². The van der Waals surface area contributed by atoms with Crippen LogP contribution in [-0.2, 0) is 13.6 Å². The molecule has 2 rings (SSSR count). The average molecular weight is 245 g/mol. The SMILES string of the molecule is CCCNC(=O)NCc1cn(C)c2ccccc12. The lowest BCUT2D eigenvalue weighted by Gasteiger charge is -2.05. The van der Waals surface area contributed by atoms with E-state index in [4.69, 9.17) is 0 Å². The number of hydrogen-bond donors (Lipinski definition) is 2. The zero-order valence-electron chi connectivity index (χ0n) is 10.9. The maximum absolute atomic E-state index is 11.5. The van der Waals surface area contributed by atoms with Crippen molar-refractivity contribution in [2.24, 2.45) is 7.05 Å². The minimum absolute atomic E-state index is 0.107. The number of carbonyl (C=O) groups excluding carboxylic acids is 1. The van der Waals surface area contributed by atoms with Crippen LogP contribution in [0, 0.1) is 0 Å². The van der Waals surface area contributed by atoms with Crippen LogP contribution in [0.4, 0.5) is 4.79 Å². The number of hydrogen-bond acceptors (Lipinski definition) is 1. The standard InChI is InChI=1S/C14H19N3O/c1-3-8-15-14(18)16-9-11-10-17(2)13-7-5-4-6-12(11)13/h4-7,10H,3,8-9H2,1-2H3,(H2,15,16,18). The molecule has 0 saturated heterocycles. The fourth-order valence-corrected chi connectivity index (χ4v) is 2.04. The topological polar surface area (TPSA) is 46.1 Å². The minimum Gasteiger partial charge on any atom is -0.350 e. The van der Waals surface area contributed by atoms with Gasteiger partial charge in [-0.15, -0.1) is 0 Å². The van der Waals surface area contributed by atoms with Crippen molar-refractivity contribution in [1.82, 2.24) is 15.2 Å². The van der Waals surface area contributed by atoms with Gasteiger partial charge in [0.25, 0.3) is 0 Å². The first kappa shape index (κ1) is 12.5. The number of amides is 2. The van der Waals surface area contributed by atoms with E-state index in [1.165, 1.54) is 10.9 Å². The summed E-state index contributed by atoms with van der Waals surface area (Å²) in [6.07, 6.45) is 3.01. The van der Waals surface area contributed by atoms with Crippen molar-refractivity contribution in [3.05, 3.63) is 36.0 Å². The Morgan fingerprint density at radius 2 is 2.06 bits per heavy atom. The number of aryl methyl sites for hydroxylation is 1. The van der Waals surface area contributed by atoms with Gasteiger partial charge in [-0.3, -0.25) is 0 Å². The van der Waals surface area contributed by atoms with Crippen LogP contribution < -0.4 is 10.6 Å². The lowest BCUT2D eigenvalue weighted by molar-refractivity contribution is 0.240. The number of nitrogens with one attached hydrogen (secondary N) is 2. The van der Waals surface area contributed by atoms with Crippen LogP contribution in [0.15, 0.2) is 30.5 Å². The van der Waals surface area contributed by atoms with Gasteiger partial charge >= 0.3 is 6.03 Å². The summed E-state index contributed by atoms with van der Waals surface area (Å²) < 4.78 is 2.08. The largest absolute Gasteiger partial charge is 0.350 e. The second-order valence-corrected chi connectivity index (χ2v) is 4.39. The van der Waals surface area contributed by atoms with E-state index >= 15 is 0 Å². The molecular weight excluding hydrogens is 226 g/mol. The number of carbonyl (C=O) groups is 1. The van der Waals surface area contributed by atoms with Crippen molar-refractivity contribution in [1.29, 1.82) is 0 Å². The molecular formula is C14H19N3O. The van der Waals surface area contributed by atoms with E-state index in [9.17, 15) is 4.79 Å². The Hall–Kier alpha value is -1.97. The highest BCUT2D eigenvalue weighted by atomic mass is 16.2. The number of benzene rings is 1. The summed E-state index contributed by atoms with van der Waals surface area (Å²) in [7, 11) is 2.02. The van der Waals surface area contributed by atoms with E-state index in [0.717, 1.165) is 12.0 Å². The van der Waals surface area contributed by atoms with Gasteiger partial charge in [0.1, 0.15) is 0 Å². The summed E-state index contributed by atoms with van der Waals surface area (Å²) in [6, 6.07) is 8.09. The first-order valence-corrected chi connectivity index (χ1v) is 6.27. The van der Waals surface area contributed by atoms with Crippen LogP contribution in [0.2, 0.25) is 0 Å². The zero-order chi connectivity index (χ0) is 13.0. The quantitative estimate of drug-likeness (QED) is 0.853. The Morgan fingerprint density at radius 3 is 2.83 bits per heavy atom. The van der Waals surface area contributed by atoms with E-state index < -0.39 is 0 Å². The van der Waals surface area contributed by atoms with Gasteiger partial charge in [0.05, 0.1) is 0 Å². The highest BCUT2D eigenvalue weighted by Crippen LogP contribution is 2.19. The van der Waals surface area contributed by atoms with E-state index in [0.29, 0.717) is 13.1 Å². The summed E-state index contributed by atoms with van der Waals surface area (Å²) in [6.45, 7) is 3.29. The molecule has 4 heteroatoms. The molecule has 2 aromatic rings. The van der Waals surface area contributed by atoms with Crippen LogP contribution in [0.1, 0.15) is 18.9 Å². The van der Waals surface area contributed by atoms with E-state index in [1.807, 2.05) is 26.1 Å². The van der Waals surface area contributed by atoms with Gasteiger partial charge < -0.3 is 15.2 Å². The number of rotatable bonds is 4. The molecule has 0 unspecified atom stereocenters. The van der Waals surface area contributed by atoms with Crippen molar-refractivity contribution in [2.45, 2.75) is 19.9 Å². The molecule has 1 aromatic heterocycles. The maximum atomic E-state index is 11.5. The summed E-state index contributed by atoms with van der Waals surface area (Å²) in [5.74, 6) is 0. The zero-order valence-corrected chi connectivity index (χ0v) is 10.9. The molecule has 0 saturated carbocycles. The smallest absolute Gasteiger partial charge is 0.315 e. The lowest BCUT2D eigenvalue weighted by Crippen LogP contribution is -2.35. The number of nitrogens with zero attached hydrogens (tertiary/aromatic N) is 1. The molecule has 1 heterocycles. The monoisotopic (exact) mass is 245 g/mol. The molecule has 4 nitrogen and oxygen atoms in total. The van der Waals surface area contributed by atoms with E-state index in [1.54, 1.807) is 0 Å². The normalized spacial score (nSPS) is 10.6. The van der Waals surface area contributed by atoms with Gasteiger partial charge in [-0.2, -0.15) is 0 Å². The highest BCUT2D eigenvalue weighted by molar-refractivity contribution is 5.84. The molecule has 18 heavy (non-hydrogen) atoms. The summed E-state index contributed by atoms with van der Waals surface area (Å²) in [4.78, 5) is 11.5. The van der Waals surface area contributed by atoms with E-state index in [2.05, 4.69) is 33.5 Å². The van der Waals surface area contributed by atoms with Crippen molar-refractivity contribution in [3.63, 3.8) is 0 Å². The molecule has 2 amide bonds. The molecule has 0 aliphatic heterocycles. The Morgan fingerprint density at radius 1 is 1.28 bits per heavy atom.